The number of allylic oxidation sites excluding steroid dienone is 2. The summed E-state index contributed by atoms with van der Waals surface area (Å²) >= 11 is 0. The number of fused-ring (bicyclic) bond motifs is 3. The molecule has 0 spiro atoms. The fourth-order valence-corrected chi connectivity index (χ4v) is 5.17. The van der Waals surface area contributed by atoms with E-state index in [0.29, 0.717) is 0 Å². The number of anilines is 1. The third-order valence-corrected chi connectivity index (χ3v) is 6.69. The minimum Gasteiger partial charge on any atom is -0.378 e. The molecule has 2 aromatic carbocycles. The number of likely N-dealkylation sites (tertiary alicyclic amines) is 1. The third kappa shape index (κ3) is 3.26. The number of nitro groups is 1. The van der Waals surface area contributed by atoms with Crippen LogP contribution in [-0.2, 0) is 0 Å². The van der Waals surface area contributed by atoms with E-state index < -0.39 is 0 Å². The van der Waals surface area contributed by atoms with E-state index in [2.05, 4.69) is 23.5 Å². The Labute approximate surface area is 175 Å². The highest BCUT2D eigenvalue weighted by molar-refractivity contribution is 5.95. The van der Waals surface area contributed by atoms with Gasteiger partial charge >= 0.3 is 0 Å². The minimum absolute atomic E-state index is 0.000969. The number of benzene rings is 2. The van der Waals surface area contributed by atoms with Gasteiger partial charge in [-0.25, -0.2) is 0 Å². The monoisotopic (exact) mass is 403 g/mol. The average molecular weight is 403 g/mol. The van der Waals surface area contributed by atoms with E-state index >= 15 is 0 Å². The fourth-order valence-electron chi connectivity index (χ4n) is 5.17. The van der Waals surface area contributed by atoms with Crippen molar-refractivity contribution in [3.63, 3.8) is 0 Å². The summed E-state index contributed by atoms with van der Waals surface area (Å²) in [6.45, 7) is 1.68. The van der Waals surface area contributed by atoms with Crippen LogP contribution in [0.4, 0.5) is 11.4 Å². The zero-order valence-corrected chi connectivity index (χ0v) is 16.8. The predicted octanol–water partition coefficient (Wildman–Crippen LogP) is 5.05. The molecular formula is C24H25N3O3. The molecule has 0 saturated carbocycles. The Morgan fingerprint density at radius 3 is 2.73 bits per heavy atom. The minimum atomic E-state index is -0.344. The lowest BCUT2D eigenvalue weighted by Gasteiger charge is -2.38. The van der Waals surface area contributed by atoms with Gasteiger partial charge in [0.05, 0.1) is 11.0 Å². The van der Waals surface area contributed by atoms with Crippen LogP contribution in [0, 0.1) is 16.0 Å². The Kier molecular flexibility index (Phi) is 4.77. The van der Waals surface area contributed by atoms with Crippen molar-refractivity contribution in [1.82, 2.24) is 4.90 Å². The van der Waals surface area contributed by atoms with E-state index in [1.54, 1.807) is 12.1 Å². The molecule has 154 valence electrons. The van der Waals surface area contributed by atoms with Crippen molar-refractivity contribution in [2.24, 2.45) is 5.92 Å². The van der Waals surface area contributed by atoms with Crippen LogP contribution in [-0.4, -0.2) is 28.8 Å². The average Bonchev–Trinajstić information content (AvgIpc) is 3.29. The Balaban J connectivity index is 1.47. The van der Waals surface area contributed by atoms with E-state index in [9.17, 15) is 14.9 Å². The van der Waals surface area contributed by atoms with Gasteiger partial charge in [0.25, 0.3) is 11.6 Å². The van der Waals surface area contributed by atoms with Gasteiger partial charge in [0, 0.05) is 42.4 Å². The molecule has 1 amide bonds. The summed E-state index contributed by atoms with van der Waals surface area (Å²) in [5, 5.41) is 14.8. The highest BCUT2D eigenvalue weighted by Gasteiger charge is 2.38. The number of nitrogens with zero attached hydrogens (tertiary/aromatic N) is 2. The molecule has 1 saturated heterocycles. The second kappa shape index (κ2) is 7.59. The van der Waals surface area contributed by atoms with E-state index in [1.807, 2.05) is 23.1 Å². The molecule has 0 bridgehead atoms. The summed E-state index contributed by atoms with van der Waals surface area (Å²) in [4.78, 5) is 25.8. The highest BCUT2D eigenvalue weighted by atomic mass is 16.6. The summed E-state index contributed by atoms with van der Waals surface area (Å²) < 4.78 is 0. The first-order chi connectivity index (χ1) is 14.6. The lowest BCUT2D eigenvalue weighted by atomic mass is 9.76. The zero-order valence-electron chi connectivity index (χ0n) is 16.8. The van der Waals surface area contributed by atoms with Crippen molar-refractivity contribution >= 4 is 17.3 Å². The van der Waals surface area contributed by atoms with Gasteiger partial charge in [-0.1, -0.05) is 24.3 Å². The van der Waals surface area contributed by atoms with E-state index in [-0.39, 0.29) is 34.4 Å². The number of nitro benzene ring substituents is 1. The Bertz CT molecular complexity index is 1030. The number of non-ortho nitro benzene ring substituents is 1. The van der Waals surface area contributed by atoms with Crippen molar-refractivity contribution < 1.29 is 9.72 Å². The van der Waals surface area contributed by atoms with Gasteiger partial charge in [-0.05, 0) is 60.9 Å². The van der Waals surface area contributed by atoms with Crippen molar-refractivity contribution in [3.05, 3.63) is 81.4 Å². The molecule has 1 N–H and O–H groups in total. The van der Waals surface area contributed by atoms with Gasteiger partial charge in [-0.2, -0.15) is 0 Å². The van der Waals surface area contributed by atoms with Gasteiger partial charge in [0.15, 0.2) is 0 Å². The van der Waals surface area contributed by atoms with E-state index in [4.69, 9.17) is 0 Å². The van der Waals surface area contributed by atoms with Gasteiger partial charge in [0.1, 0.15) is 0 Å². The van der Waals surface area contributed by atoms with Gasteiger partial charge < -0.3 is 10.2 Å². The zero-order chi connectivity index (χ0) is 20.7. The number of nitrogens with one attached hydrogen (secondary N) is 1. The van der Waals surface area contributed by atoms with Gasteiger partial charge in [0.2, 0.25) is 0 Å². The fraction of sp³-hybridized carbons (Fsp3) is 0.375. The Hall–Kier alpha value is -3.15. The summed E-state index contributed by atoms with van der Waals surface area (Å²) in [7, 11) is 0. The molecule has 2 aromatic rings. The molecule has 1 fully saturated rings. The van der Waals surface area contributed by atoms with Crippen LogP contribution >= 0.6 is 0 Å². The topological polar surface area (TPSA) is 75.5 Å². The second-order valence-electron chi connectivity index (χ2n) is 8.48. The lowest BCUT2D eigenvalue weighted by Crippen LogP contribution is -2.36. The van der Waals surface area contributed by atoms with Crippen LogP contribution in [0.3, 0.4) is 0 Å². The van der Waals surface area contributed by atoms with Crippen LogP contribution < -0.4 is 5.32 Å². The maximum atomic E-state index is 13.0. The maximum absolute atomic E-state index is 13.0. The molecule has 2 heterocycles. The Morgan fingerprint density at radius 2 is 1.93 bits per heavy atom. The maximum Gasteiger partial charge on any atom is 0.269 e. The smallest absolute Gasteiger partial charge is 0.269 e. The molecule has 0 radical (unpaired) electrons. The lowest BCUT2D eigenvalue weighted by molar-refractivity contribution is -0.384. The summed E-state index contributed by atoms with van der Waals surface area (Å²) in [5.74, 6) is 0.608. The third-order valence-electron chi connectivity index (χ3n) is 6.69. The molecule has 3 aliphatic rings. The molecule has 2 aliphatic heterocycles. The number of hydrogen-bond acceptors (Lipinski definition) is 4. The molecule has 3 unspecified atom stereocenters. The number of carbonyl (C=O) groups is 1. The van der Waals surface area contributed by atoms with Crippen LogP contribution in [0.5, 0.6) is 0 Å². The molecular weight excluding hydrogens is 378 g/mol. The predicted molar refractivity (Wildman–Crippen MR) is 116 cm³/mol. The number of rotatable bonds is 3. The highest BCUT2D eigenvalue weighted by Crippen LogP contribution is 2.50. The summed E-state index contributed by atoms with van der Waals surface area (Å²) in [6.07, 6.45) is 8.69. The van der Waals surface area contributed by atoms with Crippen LogP contribution in [0.1, 0.15) is 59.1 Å². The molecule has 0 aromatic heterocycles. The van der Waals surface area contributed by atoms with Crippen LogP contribution in [0.2, 0.25) is 0 Å². The van der Waals surface area contributed by atoms with Crippen LogP contribution in [0.15, 0.2) is 54.6 Å². The second-order valence-corrected chi connectivity index (χ2v) is 8.48. The first-order valence-electron chi connectivity index (χ1n) is 10.7. The van der Waals surface area contributed by atoms with Crippen molar-refractivity contribution in [2.45, 2.75) is 37.6 Å². The number of amides is 1. The quantitative estimate of drug-likeness (QED) is 0.442. The SMILES string of the molecule is O=C(c1ccc2c(c1)C1C=CCC1C(c1cccc([N+](=O)[O-])c1)N2)N1CCCCC1. The van der Waals surface area contributed by atoms with Crippen molar-refractivity contribution in [2.75, 3.05) is 18.4 Å². The number of hydrogen-bond donors (Lipinski definition) is 1. The molecule has 1 aliphatic carbocycles. The van der Waals surface area contributed by atoms with Gasteiger partial charge in [-0.3, -0.25) is 14.9 Å². The molecule has 6 heteroatoms. The van der Waals surface area contributed by atoms with Crippen molar-refractivity contribution in [3.8, 4) is 0 Å². The first kappa shape index (κ1) is 18.9. The number of piperidine rings is 1. The summed E-state index contributed by atoms with van der Waals surface area (Å²) in [6, 6.07) is 12.9. The van der Waals surface area contributed by atoms with E-state index in [1.165, 1.54) is 12.5 Å². The van der Waals surface area contributed by atoms with Crippen LogP contribution in [0.25, 0.3) is 0 Å². The molecule has 30 heavy (non-hydrogen) atoms. The Morgan fingerprint density at radius 1 is 1.10 bits per heavy atom. The van der Waals surface area contributed by atoms with E-state index in [0.717, 1.165) is 54.7 Å². The van der Waals surface area contributed by atoms with Gasteiger partial charge in [-0.15, -0.1) is 0 Å². The first-order valence-corrected chi connectivity index (χ1v) is 10.7. The number of carbonyl (C=O) groups excluding carboxylic acids is 1. The molecule has 5 rings (SSSR count). The largest absolute Gasteiger partial charge is 0.378 e. The molecule has 3 atom stereocenters. The molecule has 6 nitrogen and oxygen atoms in total. The normalized spacial score (nSPS) is 24.7. The summed E-state index contributed by atoms with van der Waals surface area (Å²) in [5.41, 5.74) is 3.96. The standard InChI is InChI=1S/C24H25N3O3/c28-24(26-12-2-1-3-13-26)17-10-11-22-21(15-17)19-8-5-9-20(19)23(25-22)16-6-4-7-18(14-16)27(29)30/h4-8,10-11,14-15,19-20,23,25H,1-3,9,12-13H2. The van der Waals surface area contributed by atoms with Crippen molar-refractivity contribution in [1.29, 1.82) is 0 Å².